The van der Waals surface area contributed by atoms with Crippen LogP contribution in [0.25, 0.3) is 0 Å². The first kappa shape index (κ1) is 16.7. The fourth-order valence-corrected chi connectivity index (χ4v) is 2.47. The van der Waals surface area contributed by atoms with Crippen molar-refractivity contribution in [2.45, 2.75) is 53.1 Å². The Labute approximate surface area is 120 Å². The van der Waals surface area contributed by atoms with Crippen molar-refractivity contribution in [3.05, 3.63) is 0 Å². The molecule has 114 valence electrons. The molecular weight excluding hydrogens is 258 g/mol. The van der Waals surface area contributed by atoms with Gasteiger partial charge in [0, 0.05) is 13.1 Å². The lowest BCUT2D eigenvalue weighted by atomic mass is 9.88. The number of rotatable bonds is 4. The van der Waals surface area contributed by atoms with Crippen molar-refractivity contribution in [2.24, 2.45) is 11.8 Å². The van der Waals surface area contributed by atoms with Crippen LogP contribution in [0.5, 0.6) is 0 Å². The van der Waals surface area contributed by atoms with E-state index >= 15 is 0 Å². The molecule has 0 unspecified atom stereocenters. The van der Waals surface area contributed by atoms with Gasteiger partial charge in [-0.2, -0.15) is 0 Å². The minimum absolute atomic E-state index is 0.0896. The summed E-state index contributed by atoms with van der Waals surface area (Å²) in [5, 5.41) is 0. The van der Waals surface area contributed by atoms with E-state index in [1.807, 2.05) is 20.8 Å². The molecule has 0 aliphatic carbocycles. The molecule has 1 saturated heterocycles. The zero-order valence-electron chi connectivity index (χ0n) is 13.1. The summed E-state index contributed by atoms with van der Waals surface area (Å²) in [7, 11) is 0. The second kappa shape index (κ2) is 6.37. The maximum atomic E-state index is 11.9. The van der Waals surface area contributed by atoms with Crippen molar-refractivity contribution >= 4 is 17.7 Å². The van der Waals surface area contributed by atoms with Crippen molar-refractivity contribution in [1.29, 1.82) is 0 Å². The number of hydrogen-bond donors (Lipinski definition) is 0. The van der Waals surface area contributed by atoms with E-state index in [1.165, 1.54) is 13.8 Å². The molecule has 1 heterocycles. The van der Waals surface area contributed by atoms with Gasteiger partial charge in [0.25, 0.3) is 0 Å². The monoisotopic (exact) mass is 283 g/mol. The van der Waals surface area contributed by atoms with E-state index in [9.17, 15) is 14.4 Å². The fraction of sp³-hybridized carbons (Fsp3) is 0.800. The number of Topliss-reactive ketones (excluding diaryl/α,β-unsaturated/α-hetero) is 2. The number of hydrogen-bond acceptors (Lipinski definition) is 4. The fourth-order valence-electron chi connectivity index (χ4n) is 2.47. The van der Waals surface area contributed by atoms with Crippen molar-refractivity contribution in [3.63, 3.8) is 0 Å². The molecule has 5 heteroatoms. The number of ketones is 2. The largest absolute Gasteiger partial charge is 0.444 e. The average Bonchev–Trinajstić information content (AvgIpc) is 2.71. The zero-order chi connectivity index (χ0) is 15.5. The van der Waals surface area contributed by atoms with Crippen LogP contribution in [0.3, 0.4) is 0 Å². The molecule has 0 spiro atoms. The van der Waals surface area contributed by atoms with Crippen LogP contribution in [0.15, 0.2) is 0 Å². The van der Waals surface area contributed by atoms with E-state index in [1.54, 1.807) is 4.90 Å². The predicted octanol–water partition coefficient (Wildman–Crippen LogP) is 2.43. The first-order valence-electron chi connectivity index (χ1n) is 7.09. The second-order valence-electron chi connectivity index (χ2n) is 6.59. The van der Waals surface area contributed by atoms with Crippen LogP contribution in [-0.2, 0) is 14.3 Å². The molecule has 1 amide bonds. The highest BCUT2D eigenvalue weighted by atomic mass is 16.6. The van der Waals surface area contributed by atoms with Gasteiger partial charge in [-0.15, -0.1) is 0 Å². The first-order valence-corrected chi connectivity index (χ1v) is 7.09. The van der Waals surface area contributed by atoms with Crippen LogP contribution in [-0.4, -0.2) is 41.3 Å². The highest BCUT2D eigenvalue weighted by molar-refractivity contribution is 6.00. The number of carbonyl (C=O) groups excluding carboxylic acids is 3. The van der Waals surface area contributed by atoms with Crippen molar-refractivity contribution in [1.82, 2.24) is 4.90 Å². The zero-order valence-corrected chi connectivity index (χ0v) is 13.1. The van der Waals surface area contributed by atoms with E-state index in [0.717, 1.165) is 6.42 Å². The summed E-state index contributed by atoms with van der Waals surface area (Å²) in [5.74, 6) is -0.514. The van der Waals surface area contributed by atoms with Gasteiger partial charge in [-0.1, -0.05) is 0 Å². The summed E-state index contributed by atoms with van der Waals surface area (Å²) < 4.78 is 5.32. The molecule has 20 heavy (non-hydrogen) atoms. The number of nitrogens with zero attached hydrogens (tertiary/aromatic N) is 1. The summed E-state index contributed by atoms with van der Waals surface area (Å²) in [4.78, 5) is 36.5. The highest BCUT2D eigenvalue weighted by Crippen LogP contribution is 2.25. The van der Waals surface area contributed by atoms with Gasteiger partial charge >= 0.3 is 6.09 Å². The van der Waals surface area contributed by atoms with E-state index < -0.39 is 11.5 Å². The first-order chi connectivity index (χ1) is 9.10. The van der Waals surface area contributed by atoms with Crippen LogP contribution in [0.2, 0.25) is 0 Å². The Morgan fingerprint density at radius 3 is 2.20 bits per heavy atom. The van der Waals surface area contributed by atoms with Gasteiger partial charge in [-0.25, -0.2) is 4.79 Å². The third kappa shape index (κ3) is 4.94. The molecule has 0 N–H and O–H groups in total. The molecule has 1 aliphatic heterocycles. The molecule has 0 aromatic rings. The van der Waals surface area contributed by atoms with E-state index in [0.29, 0.717) is 19.5 Å². The van der Waals surface area contributed by atoms with Gasteiger partial charge in [0.15, 0.2) is 0 Å². The van der Waals surface area contributed by atoms with Crippen LogP contribution in [0.4, 0.5) is 4.79 Å². The van der Waals surface area contributed by atoms with Crippen LogP contribution < -0.4 is 0 Å². The lowest BCUT2D eigenvalue weighted by Crippen LogP contribution is -2.35. The number of amides is 1. The van der Waals surface area contributed by atoms with E-state index in [2.05, 4.69) is 0 Å². The predicted molar refractivity (Wildman–Crippen MR) is 75.4 cm³/mol. The van der Waals surface area contributed by atoms with Crippen molar-refractivity contribution in [3.8, 4) is 0 Å². The molecule has 0 bridgehead atoms. The molecule has 1 rings (SSSR count). The molecule has 1 aliphatic rings. The number of likely N-dealkylation sites (tertiary alicyclic amines) is 1. The molecule has 0 aromatic heterocycles. The molecule has 5 nitrogen and oxygen atoms in total. The molecule has 0 saturated carbocycles. The van der Waals surface area contributed by atoms with Gasteiger partial charge < -0.3 is 9.64 Å². The molecule has 0 aromatic carbocycles. The Hall–Kier alpha value is -1.39. The standard InChI is InChI=1S/C15H25NO4/c1-10(17)13(11(2)18)8-12-6-7-16(9-12)14(19)20-15(3,4)5/h12-13H,6-9H2,1-5H3/t12-/m0/s1. The SMILES string of the molecule is CC(=O)C(C[C@@H]1CCN(C(=O)OC(C)(C)C)C1)C(C)=O. The maximum Gasteiger partial charge on any atom is 0.410 e. The lowest BCUT2D eigenvalue weighted by Gasteiger charge is -2.24. The van der Waals surface area contributed by atoms with Crippen LogP contribution >= 0.6 is 0 Å². The normalized spacial score (nSPS) is 19.3. The second-order valence-corrected chi connectivity index (χ2v) is 6.59. The van der Waals surface area contributed by atoms with Gasteiger partial charge in [0.2, 0.25) is 0 Å². The Bertz CT molecular complexity index is 383. The quantitative estimate of drug-likeness (QED) is 0.743. The Kier molecular flexibility index (Phi) is 5.31. The Balaban J connectivity index is 2.53. The molecule has 1 fully saturated rings. The van der Waals surface area contributed by atoms with Crippen molar-refractivity contribution < 1.29 is 19.1 Å². The highest BCUT2D eigenvalue weighted by Gasteiger charge is 2.33. The van der Waals surface area contributed by atoms with E-state index in [-0.39, 0.29) is 23.6 Å². The molecule has 0 radical (unpaired) electrons. The van der Waals surface area contributed by atoms with Crippen LogP contribution in [0, 0.1) is 11.8 Å². The lowest BCUT2D eigenvalue weighted by molar-refractivity contribution is -0.131. The smallest absolute Gasteiger partial charge is 0.410 e. The Morgan fingerprint density at radius 1 is 1.20 bits per heavy atom. The average molecular weight is 283 g/mol. The Morgan fingerprint density at radius 2 is 1.75 bits per heavy atom. The summed E-state index contributed by atoms with van der Waals surface area (Å²) in [5.41, 5.74) is -0.503. The third-order valence-corrected chi connectivity index (χ3v) is 3.49. The number of ether oxygens (including phenoxy) is 1. The number of carbonyl (C=O) groups is 3. The summed E-state index contributed by atoms with van der Waals surface area (Å²) in [6.07, 6.45) is 1.03. The van der Waals surface area contributed by atoms with Crippen molar-refractivity contribution in [2.75, 3.05) is 13.1 Å². The summed E-state index contributed by atoms with van der Waals surface area (Å²) in [6.45, 7) is 9.59. The third-order valence-electron chi connectivity index (χ3n) is 3.49. The van der Waals surface area contributed by atoms with Gasteiger partial charge in [-0.3, -0.25) is 9.59 Å². The topological polar surface area (TPSA) is 63.7 Å². The summed E-state index contributed by atoms with van der Waals surface area (Å²) >= 11 is 0. The van der Waals surface area contributed by atoms with E-state index in [4.69, 9.17) is 4.74 Å². The van der Waals surface area contributed by atoms with Gasteiger partial charge in [0.05, 0.1) is 5.92 Å². The van der Waals surface area contributed by atoms with Crippen LogP contribution in [0.1, 0.15) is 47.5 Å². The maximum absolute atomic E-state index is 11.9. The molecular formula is C15H25NO4. The summed E-state index contributed by atoms with van der Waals surface area (Å²) in [6, 6.07) is 0. The molecule has 1 atom stereocenters. The van der Waals surface area contributed by atoms with Gasteiger partial charge in [-0.05, 0) is 53.4 Å². The minimum atomic E-state index is -0.529. The van der Waals surface area contributed by atoms with Gasteiger partial charge in [0.1, 0.15) is 17.2 Å². The minimum Gasteiger partial charge on any atom is -0.444 e.